The molecule has 0 fully saturated rings. The van der Waals surface area contributed by atoms with Gasteiger partial charge in [0.1, 0.15) is 0 Å². The van der Waals surface area contributed by atoms with Crippen molar-refractivity contribution in [2.75, 3.05) is 0 Å². The quantitative estimate of drug-likeness (QED) is 0.630. The van der Waals surface area contributed by atoms with E-state index < -0.39 is 0 Å². The summed E-state index contributed by atoms with van der Waals surface area (Å²) in [6.07, 6.45) is 1.86. The Morgan fingerprint density at radius 1 is 1.00 bits per heavy atom. The van der Waals surface area contributed by atoms with E-state index in [2.05, 4.69) is 39.3 Å². The van der Waals surface area contributed by atoms with Crippen LogP contribution in [0.4, 0.5) is 0 Å². The summed E-state index contributed by atoms with van der Waals surface area (Å²) < 4.78 is 0. The maximum atomic E-state index is 4.27. The van der Waals surface area contributed by atoms with Gasteiger partial charge < -0.3 is 0 Å². The SMILES string of the molecule is CC.CC.Cc1cc2c(C)nccc2cc1P. The fourth-order valence-electron chi connectivity index (χ4n) is 1.49. The van der Waals surface area contributed by atoms with Gasteiger partial charge in [0.05, 0.1) is 0 Å². The Labute approximate surface area is 108 Å². The van der Waals surface area contributed by atoms with Gasteiger partial charge in [-0.1, -0.05) is 27.7 Å². The summed E-state index contributed by atoms with van der Waals surface area (Å²) in [5.41, 5.74) is 2.40. The van der Waals surface area contributed by atoms with E-state index in [-0.39, 0.29) is 0 Å². The van der Waals surface area contributed by atoms with Crippen LogP contribution in [0.15, 0.2) is 24.4 Å². The summed E-state index contributed by atoms with van der Waals surface area (Å²) in [6.45, 7) is 12.2. The number of hydrogen-bond donors (Lipinski definition) is 0. The molecule has 0 spiro atoms. The van der Waals surface area contributed by atoms with E-state index in [1.54, 1.807) is 0 Å². The Kier molecular flexibility index (Phi) is 7.74. The number of benzene rings is 1. The standard InChI is InChI=1S/C11H12NP.2C2H6/c1-7-5-10-8(2)12-4-3-9(10)6-11(7)13;2*1-2/h3-6H,13H2,1-2H3;2*1-2H3. The van der Waals surface area contributed by atoms with E-state index >= 15 is 0 Å². The van der Waals surface area contributed by atoms with Gasteiger partial charge in [-0.05, 0) is 48.3 Å². The molecule has 1 aromatic carbocycles. The fourth-order valence-corrected chi connectivity index (χ4v) is 1.76. The molecule has 94 valence electrons. The normalized spacial score (nSPS) is 8.88. The van der Waals surface area contributed by atoms with Crippen LogP contribution in [-0.2, 0) is 0 Å². The van der Waals surface area contributed by atoms with Crippen LogP contribution in [0.3, 0.4) is 0 Å². The molecule has 0 amide bonds. The predicted octanol–water partition coefficient (Wildman–Crippen LogP) is 4.40. The molecule has 1 atom stereocenters. The Balaban J connectivity index is 0.000000581. The number of rotatable bonds is 0. The van der Waals surface area contributed by atoms with Gasteiger partial charge >= 0.3 is 0 Å². The second-order valence-corrected chi connectivity index (χ2v) is 3.95. The third-order valence-corrected chi connectivity index (χ3v) is 2.97. The maximum Gasteiger partial charge on any atom is 0.0451 e. The summed E-state index contributed by atoms with van der Waals surface area (Å²) in [4.78, 5) is 4.27. The number of fused-ring (bicyclic) bond motifs is 1. The summed E-state index contributed by atoms with van der Waals surface area (Å²) in [6, 6.07) is 6.43. The molecule has 2 heteroatoms. The van der Waals surface area contributed by atoms with E-state index in [0.717, 1.165) is 5.69 Å². The lowest BCUT2D eigenvalue weighted by Gasteiger charge is -2.04. The minimum atomic E-state index is 1.10. The van der Waals surface area contributed by atoms with Crippen LogP contribution in [-0.4, -0.2) is 4.98 Å². The van der Waals surface area contributed by atoms with Crippen molar-refractivity contribution in [1.82, 2.24) is 4.98 Å². The zero-order valence-electron chi connectivity index (χ0n) is 11.8. The highest BCUT2D eigenvalue weighted by Crippen LogP contribution is 2.17. The first-order valence-corrected chi connectivity index (χ1v) is 6.87. The van der Waals surface area contributed by atoms with Crippen LogP contribution in [0, 0.1) is 13.8 Å². The van der Waals surface area contributed by atoms with Gasteiger partial charge in [-0.3, -0.25) is 4.98 Å². The van der Waals surface area contributed by atoms with Crippen LogP contribution < -0.4 is 5.30 Å². The summed E-state index contributed by atoms with van der Waals surface area (Å²) in [7, 11) is 2.76. The third-order valence-electron chi connectivity index (χ3n) is 2.35. The molecule has 1 aromatic heterocycles. The Morgan fingerprint density at radius 2 is 1.59 bits per heavy atom. The molecule has 0 radical (unpaired) electrons. The van der Waals surface area contributed by atoms with Crippen molar-refractivity contribution in [2.45, 2.75) is 41.5 Å². The average Bonchev–Trinajstić information content (AvgIpc) is 2.37. The largest absolute Gasteiger partial charge is 0.261 e. The van der Waals surface area contributed by atoms with E-state index in [9.17, 15) is 0 Å². The summed E-state index contributed by atoms with van der Waals surface area (Å²) in [5, 5.41) is 3.78. The highest BCUT2D eigenvalue weighted by Gasteiger charge is 2.00. The zero-order valence-corrected chi connectivity index (χ0v) is 13.0. The Morgan fingerprint density at radius 3 is 2.18 bits per heavy atom. The lowest BCUT2D eigenvalue weighted by molar-refractivity contribution is 1.23. The van der Waals surface area contributed by atoms with Crippen molar-refractivity contribution >= 4 is 25.3 Å². The van der Waals surface area contributed by atoms with Crippen LogP contribution >= 0.6 is 9.24 Å². The highest BCUT2D eigenvalue weighted by molar-refractivity contribution is 7.27. The summed E-state index contributed by atoms with van der Waals surface area (Å²) in [5.74, 6) is 0. The van der Waals surface area contributed by atoms with Gasteiger partial charge in [0.15, 0.2) is 0 Å². The van der Waals surface area contributed by atoms with Crippen molar-refractivity contribution in [3.8, 4) is 0 Å². The van der Waals surface area contributed by atoms with Gasteiger partial charge in [-0.25, -0.2) is 0 Å². The van der Waals surface area contributed by atoms with Crippen molar-refractivity contribution in [1.29, 1.82) is 0 Å². The van der Waals surface area contributed by atoms with E-state index in [1.807, 2.05) is 40.8 Å². The number of aryl methyl sites for hydroxylation is 2. The van der Waals surface area contributed by atoms with Crippen LogP contribution in [0.1, 0.15) is 39.0 Å². The Bertz CT molecular complexity index is 464. The topological polar surface area (TPSA) is 12.9 Å². The van der Waals surface area contributed by atoms with Crippen molar-refractivity contribution in [2.24, 2.45) is 0 Å². The van der Waals surface area contributed by atoms with Crippen molar-refractivity contribution in [3.05, 3.63) is 35.7 Å². The van der Waals surface area contributed by atoms with Gasteiger partial charge in [0.2, 0.25) is 0 Å². The van der Waals surface area contributed by atoms with Crippen LogP contribution in [0.25, 0.3) is 10.8 Å². The zero-order chi connectivity index (χ0) is 13.4. The lowest BCUT2D eigenvalue weighted by atomic mass is 10.1. The molecule has 2 aromatic rings. The molecule has 1 unspecified atom stereocenters. The molecule has 0 bridgehead atoms. The minimum Gasteiger partial charge on any atom is -0.261 e. The monoisotopic (exact) mass is 249 g/mol. The van der Waals surface area contributed by atoms with Crippen LogP contribution in [0.5, 0.6) is 0 Å². The summed E-state index contributed by atoms with van der Waals surface area (Å²) >= 11 is 0. The molecular weight excluding hydrogens is 225 g/mol. The number of hydrogen-bond acceptors (Lipinski definition) is 1. The molecule has 0 aliphatic heterocycles. The van der Waals surface area contributed by atoms with E-state index in [0.29, 0.717) is 0 Å². The van der Waals surface area contributed by atoms with Gasteiger partial charge in [-0.2, -0.15) is 0 Å². The first kappa shape index (κ1) is 16.1. The highest BCUT2D eigenvalue weighted by atomic mass is 31.0. The predicted molar refractivity (Wildman–Crippen MR) is 83.3 cm³/mol. The fraction of sp³-hybridized carbons (Fsp3) is 0.400. The van der Waals surface area contributed by atoms with E-state index in [4.69, 9.17) is 0 Å². The molecule has 0 N–H and O–H groups in total. The first-order chi connectivity index (χ1) is 8.18. The van der Waals surface area contributed by atoms with Crippen LogP contribution in [0.2, 0.25) is 0 Å². The second-order valence-electron chi connectivity index (χ2n) is 3.33. The number of nitrogens with zero attached hydrogens (tertiary/aromatic N) is 1. The Hall–Kier alpha value is -0.940. The molecule has 0 aliphatic carbocycles. The molecule has 0 saturated carbocycles. The molecule has 0 saturated heterocycles. The first-order valence-electron chi connectivity index (χ1n) is 6.30. The van der Waals surface area contributed by atoms with Crippen molar-refractivity contribution in [3.63, 3.8) is 0 Å². The molecule has 2 rings (SSSR count). The minimum absolute atomic E-state index is 1.10. The molecule has 17 heavy (non-hydrogen) atoms. The molecule has 1 nitrogen and oxygen atoms in total. The maximum absolute atomic E-state index is 4.27. The van der Waals surface area contributed by atoms with Crippen molar-refractivity contribution < 1.29 is 0 Å². The molecular formula is C15H24NP. The van der Waals surface area contributed by atoms with E-state index in [1.165, 1.54) is 21.6 Å². The second kappa shape index (κ2) is 8.20. The van der Waals surface area contributed by atoms with Gasteiger partial charge in [0.25, 0.3) is 0 Å². The lowest BCUT2D eigenvalue weighted by Crippen LogP contribution is -1.97. The van der Waals surface area contributed by atoms with Gasteiger partial charge in [-0.15, -0.1) is 9.24 Å². The number of pyridine rings is 1. The molecule has 0 aliphatic rings. The van der Waals surface area contributed by atoms with Gasteiger partial charge in [0, 0.05) is 17.3 Å². The molecule has 1 heterocycles. The average molecular weight is 249 g/mol. The smallest absolute Gasteiger partial charge is 0.0451 e. The third kappa shape index (κ3) is 4.09. The number of aromatic nitrogens is 1.